The Hall–Kier alpha value is -0.0900. The minimum atomic E-state index is -2.89. The van der Waals surface area contributed by atoms with E-state index >= 15 is 0 Å². The van der Waals surface area contributed by atoms with E-state index in [-0.39, 0.29) is 0 Å². The molecule has 1 aliphatic heterocycles. The van der Waals surface area contributed by atoms with Crippen LogP contribution in [0.2, 0.25) is 0 Å². The van der Waals surface area contributed by atoms with E-state index in [1.807, 2.05) is 13.8 Å². The first-order valence-electron chi connectivity index (χ1n) is 4.56. The van der Waals surface area contributed by atoms with Gasteiger partial charge in [0, 0.05) is 13.1 Å². The molecule has 0 atom stereocenters. The summed E-state index contributed by atoms with van der Waals surface area (Å²) < 4.78 is 23.4. The first kappa shape index (κ1) is 11.9. The summed E-state index contributed by atoms with van der Waals surface area (Å²) >= 11 is 0. The lowest BCUT2D eigenvalue weighted by molar-refractivity contribution is 0.349. The summed E-state index contributed by atoms with van der Waals surface area (Å²) in [7, 11) is -2.89. The normalized spacial score (nSPS) is 19.6. The second-order valence-electron chi connectivity index (χ2n) is 2.72. The minimum Gasteiger partial charge on any atom is -0.213 e. The van der Waals surface area contributed by atoms with Crippen LogP contribution in [0, 0.1) is 0 Å². The number of hydrogen-bond donors (Lipinski definition) is 0. The fraction of sp³-hybridized carbons (Fsp3) is 1.00. The fourth-order valence-corrected chi connectivity index (χ4v) is 2.12. The van der Waals surface area contributed by atoms with Crippen molar-refractivity contribution in [1.29, 1.82) is 0 Å². The second-order valence-corrected chi connectivity index (χ2v) is 4.71. The SMILES string of the molecule is CC.CS(=O)(=O)N1CCCCC1. The van der Waals surface area contributed by atoms with Crippen LogP contribution in [0.25, 0.3) is 0 Å². The number of sulfonamides is 1. The lowest BCUT2D eigenvalue weighted by atomic mass is 10.2. The van der Waals surface area contributed by atoms with Gasteiger partial charge in [-0.1, -0.05) is 20.3 Å². The molecule has 0 aromatic heterocycles. The molecule has 74 valence electrons. The van der Waals surface area contributed by atoms with Gasteiger partial charge in [-0.15, -0.1) is 0 Å². The van der Waals surface area contributed by atoms with Gasteiger partial charge in [0.2, 0.25) is 10.0 Å². The summed E-state index contributed by atoms with van der Waals surface area (Å²) in [6.07, 6.45) is 4.49. The van der Waals surface area contributed by atoms with Crippen molar-refractivity contribution in [3.63, 3.8) is 0 Å². The maximum Gasteiger partial charge on any atom is 0.211 e. The molecule has 0 aromatic rings. The molecule has 0 radical (unpaired) electrons. The lowest BCUT2D eigenvalue weighted by Gasteiger charge is -2.23. The average molecular weight is 193 g/mol. The Kier molecular flexibility index (Phi) is 5.50. The second kappa shape index (κ2) is 5.54. The van der Waals surface area contributed by atoms with Crippen LogP contribution in [0.15, 0.2) is 0 Å². The number of rotatable bonds is 1. The molecule has 0 unspecified atom stereocenters. The standard InChI is InChI=1S/C6H13NO2S.C2H6/c1-10(8,9)7-5-3-2-4-6-7;1-2/h2-6H2,1H3;1-2H3. The molecule has 1 saturated heterocycles. The molecule has 1 aliphatic rings. The summed E-state index contributed by atoms with van der Waals surface area (Å²) in [5.74, 6) is 0. The molecule has 3 nitrogen and oxygen atoms in total. The summed E-state index contributed by atoms with van der Waals surface area (Å²) in [5, 5.41) is 0. The Morgan fingerprint density at radius 2 is 1.42 bits per heavy atom. The van der Waals surface area contributed by atoms with Gasteiger partial charge < -0.3 is 0 Å². The minimum absolute atomic E-state index is 0.721. The molecule has 1 heterocycles. The predicted molar refractivity (Wildman–Crippen MR) is 51.6 cm³/mol. The zero-order valence-corrected chi connectivity index (χ0v) is 9.02. The van der Waals surface area contributed by atoms with Crippen molar-refractivity contribution in [3.05, 3.63) is 0 Å². The highest BCUT2D eigenvalue weighted by Gasteiger charge is 2.18. The van der Waals surface area contributed by atoms with Crippen LogP contribution in [-0.2, 0) is 10.0 Å². The summed E-state index contributed by atoms with van der Waals surface area (Å²) in [5.41, 5.74) is 0. The zero-order chi connectivity index (χ0) is 9.61. The van der Waals surface area contributed by atoms with Gasteiger partial charge in [-0.2, -0.15) is 0 Å². The van der Waals surface area contributed by atoms with Crippen molar-refractivity contribution in [2.24, 2.45) is 0 Å². The van der Waals surface area contributed by atoms with Crippen LogP contribution in [0.3, 0.4) is 0 Å². The Bertz CT molecular complexity index is 193. The molecular formula is C8H19NO2S. The molecule has 0 aliphatic carbocycles. The first-order chi connectivity index (χ1) is 5.61. The summed E-state index contributed by atoms with van der Waals surface area (Å²) in [6.45, 7) is 5.44. The fourth-order valence-electron chi connectivity index (χ4n) is 1.20. The van der Waals surface area contributed by atoms with Crippen molar-refractivity contribution in [3.8, 4) is 0 Å². The van der Waals surface area contributed by atoms with Crippen LogP contribution in [0.1, 0.15) is 33.1 Å². The molecule has 0 saturated carbocycles. The maximum absolute atomic E-state index is 10.9. The van der Waals surface area contributed by atoms with Crippen LogP contribution >= 0.6 is 0 Å². The highest BCUT2D eigenvalue weighted by atomic mass is 32.2. The third-order valence-corrected chi connectivity index (χ3v) is 3.09. The maximum atomic E-state index is 10.9. The molecule has 0 N–H and O–H groups in total. The molecule has 0 aromatic carbocycles. The van der Waals surface area contributed by atoms with E-state index in [1.165, 1.54) is 12.7 Å². The molecule has 0 spiro atoms. The van der Waals surface area contributed by atoms with Gasteiger partial charge in [0.25, 0.3) is 0 Å². The molecule has 12 heavy (non-hydrogen) atoms. The van der Waals surface area contributed by atoms with Gasteiger partial charge in [0.15, 0.2) is 0 Å². The molecule has 0 amide bonds. The Labute approximate surface area is 75.8 Å². The third-order valence-electron chi connectivity index (χ3n) is 1.78. The van der Waals surface area contributed by atoms with Crippen LogP contribution < -0.4 is 0 Å². The van der Waals surface area contributed by atoms with Gasteiger partial charge in [0.05, 0.1) is 6.26 Å². The van der Waals surface area contributed by atoms with Crippen molar-refractivity contribution in [2.45, 2.75) is 33.1 Å². The smallest absolute Gasteiger partial charge is 0.211 e. The van der Waals surface area contributed by atoms with E-state index in [4.69, 9.17) is 0 Å². The molecular weight excluding hydrogens is 174 g/mol. The van der Waals surface area contributed by atoms with Crippen molar-refractivity contribution in [1.82, 2.24) is 4.31 Å². The summed E-state index contributed by atoms with van der Waals surface area (Å²) in [6, 6.07) is 0. The quantitative estimate of drug-likeness (QED) is 0.632. The third kappa shape index (κ3) is 4.07. The molecule has 4 heteroatoms. The van der Waals surface area contributed by atoms with Gasteiger partial charge in [0.1, 0.15) is 0 Å². The van der Waals surface area contributed by atoms with E-state index in [0.29, 0.717) is 0 Å². The lowest BCUT2D eigenvalue weighted by Crippen LogP contribution is -2.34. The van der Waals surface area contributed by atoms with E-state index in [2.05, 4.69) is 0 Å². The first-order valence-corrected chi connectivity index (χ1v) is 6.40. The number of nitrogens with zero attached hydrogens (tertiary/aromatic N) is 1. The van der Waals surface area contributed by atoms with Gasteiger partial charge in [-0.3, -0.25) is 0 Å². The van der Waals surface area contributed by atoms with E-state index in [0.717, 1.165) is 25.9 Å². The van der Waals surface area contributed by atoms with Gasteiger partial charge >= 0.3 is 0 Å². The average Bonchev–Trinajstić information content (AvgIpc) is 2.08. The van der Waals surface area contributed by atoms with Gasteiger partial charge in [-0.25, -0.2) is 12.7 Å². The van der Waals surface area contributed by atoms with E-state index < -0.39 is 10.0 Å². The predicted octanol–water partition coefficient (Wildman–Crippen LogP) is 1.46. The van der Waals surface area contributed by atoms with Crippen LogP contribution in [0.5, 0.6) is 0 Å². The largest absolute Gasteiger partial charge is 0.213 e. The molecule has 1 fully saturated rings. The van der Waals surface area contributed by atoms with Crippen molar-refractivity contribution in [2.75, 3.05) is 19.3 Å². The molecule has 1 rings (SSSR count). The molecule has 0 bridgehead atoms. The number of piperidine rings is 1. The zero-order valence-electron chi connectivity index (χ0n) is 8.21. The Morgan fingerprint density at radius 3 is 1.67 bits per heavy atom. The Morgan fingerprint density at radius 1 is 1.00 bits per heavy atom. The Balaban J connectivity index is 0.000000561. The highest BCUT2D eigenvalue weighted by Crippen LogP contribution is 2.11. The summed E-state index contributed by atoms with van der Waals surface area (Å²) in [4.78, 5) is 0. The van der Waals surface area contributed by atoms with Crippen LogP contribution in [-0.4, -0.2) is 32.1 Å². The van der Waals surface area contributed by atoms with Crippen molar-refractivity contribution < 1.29 is 8.42 Å². The number of hydrogen-bond acceptors (Lipinski definition) is 2. The van der Waals surface area contributed by atoms with Gasteiger partial charge in [-0.05, 0) is 12.8 Å². The van der Waals surface area contributed by atoms with E-state index in [9.17, 15) is 8.42 Å². The van der Waals surface area contributed by atoms with Crippen molar-refractivity contribution >= 4 is 10.0 Å². The van der Waals surface area contributed by atoms with Crippen LogP contribution in [0.4, 0.5) is 0 Å². The topological polar surface area (TPSA) is 37.4 Å². The monoisotopic (exact) mass is 193 g/mol. The van der Waals surface area contributed by atoms with E-state index in [1.54, 1.807) is 4.31 Å². The highest BCUT2D eigenvalue weighted by molar-refractivity contribution is 7.88.